The lowest BCUT2D eigenvalue weighted by molar-refractivity contribution is 0.0934. The molecule has 1 heterocycles. The van der Waals surface area contributed by atoms with Crippen molar-refractivity contribution in [2.24, 2.45) is 0 Å². The molecule has 5 heteroatoms. The van der Waals surface area contributed by atoms with Gasteiger partial charge in [-0.1, -0.05) is 30.3 Å². The molecule has 0 aromatic heterocycles. The first-order chi connectivity index (χ1) is 11.2. The van der Waals surface area contributed by atoms with Gasteiger partial charge in [-0.05, 0) is 36.9 Å². The van der Waals surface area contributed by atoms with Crippen molar-refractivity contribution in [3.63, 3.8) is 0 Å². The summed E-state index contributed by atoms with van der Waals surface area (Å²) in [4.78, 5) is 4.77. The third-order valence-corrected chi connectivity index (χ3v) is 4.28. The molecule has 0 spiro atoms. The number of ether oxygens (including phenoxy) is 1. The summed E-state index contributed by atoms with van der Waals surface area (Å²) in [6.45, 7) is 5.10. The van der Waals surface area contributed by atoms with Crippen LogP contribution in [-0.2, 0) is 0 Å². The minimum absolute atomic E-state index is 0. The average molecular weight is 351 g/mol. The first-order valence-electron chi connectivity index (χ1n) is 8.09. The number of hydrogen-bond donors (Lipinski definition) is 0. The van der Waals surface area contributed by atoms with Crippen LogP contribution >= 0.6 is 12.4 Å². The summed E-state index contributed by atoms with van der Waals surface area (Å²) in [7, 11) is 2.15. The van der Waals surface area contributed by atoms with E-state index in [9.17, 15) is 4.39 Å². The van der Waals surface area contributed by atoms with E-state index in [-0.39, 0.29) is 24.3 Å². The zero-order chi connectivity index (χ0) is 16.1. The van der Waals surface area contributed by atoms with Crippen LogP contribution < -0.4 is 4.74 Å². The lowest BCUT2D eigenvalue weighted by Gasteiger charge is -2.34. The number of benzene rings is 2. The van der Waals surface area contributed by atoms with Gasteiger partial charge in [0.15, 0.2) is 0 Å². The highest BCUT2D eigenvalue weighted by Crippen LogP contribution is 2.23. The Morgan fingerprint density at radius 3 is 2.21 bits per heavy atom. The van der Waals surface area contributed by atoms with E-state index in [0.717, 1.165) is 38.3 Å². The molecule has 0 aliphatic carbocycles. The summed E-state index contributed by atoms with van der Waals surface area (Å²) in [5.74, 6) is 0.460. The normalized spacial score (nSPS) is 17.1. The molecule has 1 unspecified atom stereocenters. The Balaban J connectivity index is 0.00000208. The van der Waals surface area contributed by atoms with Crippen molar-refractivity contribution >= 4 is 12.4 Å². The van der Waals surface area contributed by atoms with Crippen molar-refractivity contribution in [2.45, 2.75) is 6.10 Å². The maximum Gasteiger partial charge on any atom is 0.136 e. The third-order valence-electron chi connectivity index (χ3n) is 4.28. The second kappa shape index (κ2) is 9.02. The summed E-state index contributed by atoms with van der Waals surface area (Å²) in [5, 5.41) is 0. The maximum absolute atomic E-state index is 13.1. The van der Waals surface area contributed by atoms with E-state index in [1.807, 2.05) is 18.2 Å². The highest BCUT2D eigenvalue weighted by molar-refractivity contribution is 5.85. The number of piperazine rings is 1. The Hall–Kier alpha value is -1.62. The van der Waals surface area contributed by atoms with E-state index in [4.69, 9.17) is 4.74 Å². The first kappa shape index (κ1) is 18.7. The van der Waals surface area contributed by atoms with Crippen LogP contribution in [0.3, 0.4) is 0 Å². The van der Waals surface area contributed by atoms with E-state index >= 15 is 0 Å². The Morgan fingerprint density at radius 2 is 1.58 bits per heavy atom. The lowest BCUT2D eigenvalue weighted by Crippen LogP contribution is -2.46. The van der Waals surface area contributed by atoms with Crippen LogP contribution in [0.2, 0.25) is 0 Å². The predicted octanol–water partition coefficient (Wildman–Crippen LogP) is 3.62. The minimum Gasteiger partial charge on any atom is -0.484 e. The van der Waals surface area contributed by atoms with E-state index in [1.54, 1.807) is 12.1 Å². The van der Waals surface area contributed by atoms with E-state index < -0.39 is 0 Å². The molecule has 0 saturated carbocycles. The molecule has 2 aromatic rings. The zero-order valence-electron chi connectivity index (χ0n) is 13.9. The Morgan fingerprint density at radius 1 is 0.958 bits per heavy atom. The van der Waals surface area contributed by atoms with E-state index in [2.05, 4.69) is 29.0 Å². The van der Waals surface area contributed by atoms with Crippen molar-refractivity contribution in [2.75, 3.05) is 39.8 Å². The Bertz CT molecular complexity index is 601. The Labute approximate surface area is 149 Å². The molecule has 0 N–H and O–H groups in total. The SMILES string of the molecule is CN1CCN(CC(Oc2ccc(F)cc2)c2ccccc2)CC1.Cl. The van der Waals surface area contributed by atoms with Gasteiger partial charge in [-0.15, -0.1) is 12.4 Å². The summed E-state index contributed by atoms with van der Waals surface area (Å²) in [6.07, 6.45) is -0.0509. The average Bonchev–Trinajstić information content (AvgIpc) is 2.59. The topological polar surface area (TPSA) is 15.7 Å². The van der Waals surface area contributed by atoms with Crippen LogP contribution in [0.15, 0.2) is 54.6 Å². The highest BCUT2D eigenvalue weighted by atomic mass is 35.5. The van der Waals surface area contributed by atoms with Crippen LogP contribution in [0, 0.1) is 5.82 Å². The van der Waals surface area contributed by atoms with Gasteiger partial charge in [0.2, 0.25) is 0 Å². The van der Waals surface area contributed by atoms with Gasteiger partial charge in [-0.3, -0.25) is 4.90 Å². The molecule has 0 radical (unpaired) electrons. The molecule has 1 aliphatic heterocycles. The number of hydrogen-bond acceptors (Lipinski definition) is 3. The van der Waals surface area contributed by atoms with Gasteiger partial charge in [0.1, 0.15) is 17.7 Å². The predicted molar refractivity (Wildman–Crippen MR) is 97.4 cm³/mol. The smallest absolute Gasteiger partial charge is 0.136 e. The summed E-state index contributed by atoms with van der Waals surface area (Å²) in [6, 6.07) is 16.5. The molecule has 24 heavy (non-hydrogen) atoms. The number of rotatable bonds is 5. The fourth-order valence-electron chi connectivity index (χ4n) is 2.82. The summed E-state index contributed by atoms with van der Waals surface area (Å²) < 4.78 is 19.3. The number of nitrogens with zero attached hydrogens (tertiary/aromatic N) is 2. The van der Waals surface area contributed by atoms with Crippen LogP contribution in [0.5, 0.6) is 5.75 Å². The molecule has 130 valence electrons. The van der Waals surface area contributed by atoms with Gasteiger partial charge >= 0.3 is 0 Å². The fraction of sp³-hybridized carbons (Fsp3) is 0.368. The van der Waals surface area contributed by atoms with Gasteiger partial charge < -0.3 is 9.64 Å². The number of likely N-dealkylation sites (N-methyl/N-ethyl adjacent to an activating group) is 1. The second-order valence-electron chi connectivity index (χ2n) is 6.07. The van der Waals surface area contributed by atoms with Crippen LogP contribution in [0.4, 0.5) is 4.39 Å². The molecule has 1 aliphatic rings. The standard InChI is InChI=1S/C19H23FN2O.ClH/c1-21-11-13-22(14-12-21)15-19(16-5-3-2-4-6-16)23-18-9-7-17(20)8-10-18;/h2-10,19H,11-15H2,1H3;1H. The zero-order valence-corrected chi connectivity index (χ0v) is 14.7. The van der Waals surface area contributed by atoms with Crippen molar-refractivity contribution in [1.29, 1.82) is 0 Å². The first-order valence-corrected chi connectivity index (χ1v) is 8.09. The van der Waals surface area contributed by atoms with Gasteiger partial charge in [0, 0.05) is 32.7 Å². The van der Waals surface area contributed by atoms with E-state index in [1.165, 1.54) is 12.1 Å². The van der Waals surface area contributed by atoms with Gasteiger partial charge in [0.25, 0.3) is 0 Å². The fourth-order valence-corrected chi connectivity index (χ4v) is 2.82. The molecule has 1 saturated heterocycles. The van der Waals surface area contributed by atoms with Gasteiger partial charge in [0.05, 0.1) is 0 Å². The van der Waals surface area contributed by atoms with Crippen LogP contribution in [-0.4, -0.2) is 49.6 Å². The lowest BCUT2D eigenvalue weighted by atomic mass is 10.1. The summed E-state index contributed by atoms with van der Waals surface area (Å²) >= 11 is 0. The van der Waals surface area contributed by atoms with Crippen molar-refractivity contribution in [1.82, 2.24) is 9.80 Å². The largest absolute Gasteiger partial charge is 0.484 e. The van der Waals surface area contributed by atoms with Crippen molar-refractivity contribution < 1.29 is 9.13 Å². The Kier molecular flexibility index (Phi) is 7.03. The van der Waals surface area contributed by atoms with Gasteiger partial charge in [-0.25, -0.2) is 4.39 Å². The molecule has 3 nitrogen and oxygen atoms in total. The van der Waals surface area contributed by atoms with Crippen molar-refractivity contribution in [3.8, 4) is 5.75 Å². The molecule has 0 bridgehead atoms. The van der Waals surface area contributed by atoms with Crippen LogP contribution in [0.1, 0.15) is 11.7 Å². The molecule has 1 atom stereocenters. The highest BCUT2D eigenvalue weighted by Gasteiger charge is 2.21. The molecule has 0 amide bonds. The minimum atomic E-state index is -0.243. The van der Waals surface area contributed by atoms with Gasteiger partial charge in [-0.2, -0.15) is 0 Å². The van der Waals surface area contributed by atoms with Crippen LogP contribution in [0.25, 0.3) is 0 Å². The quantitative estimate of drug-likeness (QED) is 0.819. The molecular formula is C19H24ClFN2O. The molecule has 1 fully saturated rings. The maximum atomic E-state index is 13.1. The number of halogens is 2. The summed E-state index contributed by atoms with van der Waals surface area (Å²) in [5.41, 5.74) is 1.15. The monoisotopic (exact) mass is 350 g/mol. The molecular weight excluding hydrogens is 327 g/mol. The van der Waals surface area contributed by atoms with Crippen molar-refractivity contribution in [3.05, 3.63) is 66.0 Å². The third kappa shape index (κ3) is 5.20. The van der Waals surface area contributed by atoms with E-state index in [0.29, 0.717) is 5.75 Å². The molecule has 3 rings (SSSR count). The molecule has 2 aromatic carbocycles. The second-order valence-corrected chi connectivity index (χ2v) is 6.07.